The number of rotatable bonds is 6. The van der Waals surface area contributed by atoms with Gasteiger partial charge in [0.1, 0.15) is 23.2 Å². The average molecular weight is 313 g/mol. The molecule has 1 heterocycles. The van der Waals surface area contributed by atoms with Crippen molar-refractivity contribution in [2.75, 3.05) is 0 Å². The fraction of sp³-hybridized carbons (Fsp3) is 0.167. The summed E-state index contributed by atoms with van der Waals surface area (Å²) in [5.41, 5.74) is 1.53. The summed E-state index contributed by atoms with van der Waals surface area (Å²) in [6, 6.07) is 14.7. The highest BCUT2D eigenvalue weighted by atomic mass is 19.1. The van der Waals surface area contributed by atoms with Crippen molar-refractivity contribution in [3.63, 3.8) is 0 Å². The van der Waals surface area contributed by atoms with Gasteiger partial charge in [0.15, 0.2) is 0 Å². The van der Waals surface area contributed by atoms with E-state index in [2.05, 4.69) is 5.32 Å². The van der Waals surface area contributed by atoms with Crippen molar-refractivity contribution in [3.8, 4) is 0 Å². The molecule has 23 heavy (non-hydrogen) atoms. The minimum absolute atomic E-state index is 0.264. The van der Waals surface area contributed by atoms with Gasteiger partial charge in [-0.25, -0.2) is 4.39 Å². The Morgan fingerprint density at radius 1 is 1.17 bits per heavy atom. The Hall–Kier alpha value is -2.66. The third-order valence-corrected chi connectivity index (χ3v) is 3.63. The summed E-state index contributed by atoms with van der Waals surface area (Å²) in [5, 5.41) is 13.0. The number of benzene rings is 2. The largest absolute Gasteiger partial charge is 0.480 e. The summed E-state index contributed by atoms with van der Waals surface area (Å²) in [6.45, 7) is 0.264. The van der Waals surface area contributed by atoms with Crippen LogP contribution in [0.2, 0.25) is 0 Å². The van der Waals surface area contributed by atoms with Gasteiger partial charge in [0.05, 0.1) is 6.54 Å². The monoisotopic (exact) mass is 313 g/mol. The number of halogens is 1. The summed E-state index contributed by atoms with van der Waals surface area (Å²) in [4.78, 5) is 11.4. The van der Waals surface area contributed by atoms with Gasteiger partial charge in [-0.05, 0) is 36.2 Å². The first-order chi connectivity index (χ1) is 11.1. The topological polar surface area (TPSA) is 62.5 Å². The SMILES string of the molecule is O=C(O)[C@@H](Cc1ccccc1)NCc1cc2cc(F)ccc2o1. The van der Waals surface area contributed by atoms with Gasteiger partial charge in [-0.15, -0.1) is 0 Å². The van der Waals surface area contributed by atoms with Crippen LogP contribution in [0.1, 0.15) is 11.3 Å². The number of aliphatic carboxylic acids is 1. The number of carboxylic acid groups (broad SMARTS) is 1. The standard InChI is InChI=1S/C18H16FNO3/c19-14-6-7-17-13(9-14)10-15(23-17)11-20-16(18(21)22)8-12-4-2-1-3-5-12/h1-7,9-10,16,20H,8,11H2,(H,21,22)/t16-/m1/s1. The van der Waals surface area contributed by atoms with Crippen LogP contribution in [0.4, 0.5) is 4.39 Å². The maximum Gasteiger partial charge on any atom is 0.321 e. The van der Waals surface area contributed by atoms with Crippen molar-refractivity contribution in [1.82, 2.24) is 5.32 Å². The number of furan rings is 1. The van der Waals surface area contributed by atoms with Crippen LogP contribution >= 0.6 is 0 Å². The molecule has 0 amide bonds. The molecule has 3 rings (SSSR count). The number of carbonyl (C=O) groups is 1. The molecule has 0 bridgehead atoms. The van der Waals surface area contributed by atoms with E-state index in [9.17, 15) is 14.3 Å². The van der Waals surface area contributed by atoms with Crippen LogP contribution < -0.4 is 5.32 Å². The van der Waals surface area contributed by atoms with Crippen LogP contribution in [-0.4, -0.2) is 17.1 Å². The van der Waals surface area contributed by atoms with Crippen LogP contribution in [0.5, 0.6) is 0 Å². The van der Waals surface area contributed by atoms with E-state index in [0.717, 1.165) is 5.56 Å². The van der Waals surface area contributed by atoms with Gasteiger partial charge in [-0.1, -0.05) is 30.3 Å². The molecule has 1 atom stereocenters. The molecule has 0 saturated carbocycles. The van der Waals surface area contributed by atoms with Crippen LogP contribution in [0.25, 0.3) is 11.0 Å². The lowest BCUT2D eigenvalue weighted by atomic mass is 10.1. The fourth-order valence-corrected chi connectivity index (χ4v) is 2.48. The zero-order chi connectivity index (χ0) is 16.2. The van der Waals surface area contributed by atoms with Crippen LogP contribution in [0.3, 0.4) is 0 Å². The molecule has 0 fully saturated rings. The predicted molar refractivity (Wildman–Crippen MR) is 84.6 cm³/mol. The van der Waals surface area contributed by atoms with Gasteiger partial charge in [-0.2, -0.15) is 0 Å². The fourth-order valence-electron chi connectivity index (χ4n) is 2.48. The third kappa shape index (κ3) is 3.76. The summed E-state index contributed by atoms with van der Waals surface area (Å²) in [6.07, 6.45) is 0.380. The van der Waals surface area contributed by atoms with Crippen molar-refractivity contribution in [2.24, 2.45) is 0 Å². The quantitative estimate of drug-likeness (QED) is 0.732. The number of carboxylic acids is 1. The van der Waals surface area contributed by atoms with E-state index >= 15 is 0 Å². The van der Waals surface area contributed by atoms with E-state index in [-0.39, 0.29) is 12.4 Å². The molecule has 0 aliphatic carbocycles. The summed E-state index contributed by atoms with van der Waals surface area (Å²) in [5.74, 6) is -0.675. The number of nitrogens with one attached hydrogen (secondary N) is 1. The van der Waals surface area contributed by atoms with Crippen LogP contribution in [0, 0.1) is 5.82 Å². The van der Waals surface area contributed by atoms with Gasteiger partial charge in [0.2, 0.25) is 0 Å². The first-order valence-corrected chi connectivity index (χ1v) is 7.30. The molecule has 1 aromatic heterocycles. The van der Waals surface area contributed by atoms with E-state index < -0.39 is 12.0 Å². The molecular formula is C18H16FNO3. The molecule has 0 spiro atoms. The summed E-state index contributed by atoms with van der Waals surface area (Å²) < 4.78 is 18.8. The third-order valence-electron chi connectivity index (χ3n) is 3.63. The van der Waals surface area contributed by atoms with Crippen molar-refractivity contribution >= 4 is 16.9 Å². The molecule has 2 aromatic carbocycles. The molecule has 0 aliphatic rings. The second-order valence-corrected chi connectivity index (χ2v) is 5.36. The Bertz CT molecular complexity index is 814. The van der Waals surface area contributed by atoms with E-state index in [1.165, 1.54) is 12.1 Å². The Kier molecular flexibility index (Phi) is 4.39. The smallest absolute Gasteiger partial charge is 0.321 e. The van der Waals surface area contributed by atoms with E-state index in [1.54, 1.807) is 12.1 Å². The Balaban J connectivity index is 1.69. The minimum Gasteiger partial charge on any atom is -0.480 e. The molecule has 2 N–H and O–H groups in total. The zero-order valence-electron chi connectivity index (χ0n) is 12.3. The number of hydrogen-bond donors (Lipinski definition) is 2. The van der Waals surface area contributed by atoms with Crippen LogP contribution in [0.15, 0.2) is 59.0 Å². The Morgan fingerprint density at radius 3 is 2.70 bits per heavy atom. The highest BCUT2D eigenvalue weighted by Crippen LogP contribution is 2.20. The highest BCUT2D eigenvalue weighted by Gasteiger charge is 2.18. The molecule has 0 saturated heterocycles. The lowest BCUT2D eigenvalue weighted by molar-refractivity contribution is -0.139. The summed E-state index contributed by atoms with van der Waals surface area (Å²) >= 11 is 0. The van der Waals surface area contributed by atoms with E-state index in [4.69, 9.17) is 4.42 Å². The predicted octanol–water partition coefficient (Wildman–Crippen LogP) is 3.36. The second-order valence-electron chi connectivity index (χ2n) is 5.36. The van der Waals surface area contributed by atoms with Crippen molar-refractivity contribution in [3.05, 3.63) is 71.7 Å². The van der Waals surface area contributed by atoms with Crippen LogP contribution in [-0.2, 0) is 17.8 Å². The van der Waals surface area contributed by atoms with Gasteiger partial charge in [0.25, 0.3) is 0 Å². The number of fused-ring (bicyclic) bond motifs is 1. The lowest BCUT2D eigenvalue weighted by Crippen LogP contribution is -2.37. The molecule has 0 radical (unpaired) electrons. The summed E-state index contributed by atoms with van der Waals surface area (Å²) in [7, 11) is 0. The van der Waals surface area contributed by atoms with E-state index in [1.807, 2.05) is 30.3 Å². The molecule has 5 heteroatoms. The zero-order valence-corrected chi connectivity index (χ0v) is 12.3. The highest BCUT2D eigenvalue weighted by molar-refractivity contribution is 5.78. The van der Waals surface area contributed by atoms with E-state index in [0.29, 0.717) is 23.2 Å². The average Bonchev–Trinajstić information content (AvgIpc) is 2.94. The molecular weight excluding hydrogens is 297 g/mol. The second kappa shape index (κ2) is 6.62. The maximum atomic E-state index is 13.2. The van der Waals surface area contributed by atoms with Crippen molar-refractivity contribution in [1.29, 1.82) is 0 Å². The van der Waals surface area contributed by atoms with Crippen molar-refractivity contribution < 1.29 is 18.7 Å². The molecule has 0 aliphatic heterocycles. The normalized spacial score (nSPS) is 12.4. The molecule has 3 aromatic rings. The van der Waals surface area contributed by atoms with Gasteiger partial charge < -0.3 is 9.52 Å². The number of hydrogen-bond acceptors (Lipinski definition) is 3. The van der Waals surface area contributed by atoms with Gasteiger partial charge >= 0.3 is 5.97 Å². The van der Waals surface area contributed by atoms with Crippen molar-refractivity contribution in [2.45, 2.75) is 19.0 Å². The maximum absolute atomic E-state index is 13.2. The van der Waals surface area contributed by atoms with Gasteiger partial charge in [-0.3, -0.25) is 10.1 Å². The molecule has 0 unspecified atom stereocenters. The molecule has 4 nitrogen and oxygen atoms in total. The Morgan fingerprint density at radius 2 is 1.96 bits per heavy atom. The first kappa shape index (κ1) is 15.2. The molecule has 118 valence electrons. The Labute approximate surface area is 132 Å². The minimum atomic E-state index is -0.920. The van der Waals surface area contributed by atoms with Gasteiger partial charge in [0, 0.05) is 5.39 Å². The first-order valence-electron chi connectivity index (χ1n) is 7.30. The lowest BCUT2D eigenvalue weighted by Gasteiger charge is -2.13.